The second-order valence-electron chi connectivity index (χ2n) is 6.04. The Balaban J connectivity index is 1.71. The van der Waals surface area contributed by atoms with Crippen molar-refractivity contribution in [3.05, 3.63) is 69.6 Å². The average Bonchev–Trinajstić information content (AvgIpc) is 3.05. The average molecular weight is 386 g/mol. The van der Waals surface area contributed by atoms with Crippen LogP contribution in [-0.4, -0.2) is 13.0 Å². The number of thioether (sulfide) groups is 1. The summed E-state index contributed by atoms with van der Waals surface area (Å²) in [5.41, 5.74) is 4.44. The molecule has 25 heavy (non-hydrogen) atoms. The SMILES string of the molecule is Cc1ccccc1N(C)C(=O)c1cc2c(s1)-c1ccc(Cl)cc1SC2. The highest BCUT2D eigenvalue weighted by atomic mass is 35.5. The van der Waals surface area contributed by atoms with Crippen LogP contribution in [0.15, 0.2) is 53.4 Å². The Labute approximate surface area is 160 Å². The molecule has 126 valence electrons. The molecule has 0 atom stereocenters. The zero-order valence-corrected chi connectivity index (χ0v) is 16.3. The highest BCUT2D eigenvalue weighted by molar-refractivity contribution is 7.98. The van der Waals surface area contributed by atoms with Crippen LogP contribution in [0, 0.1) is 6.92 Å². The van der Waals surface area contributed by atoms with Gasteiger partial charge in [-0.15, -0.1) is 23.1 Å². The number of anilines is 1. The van der Waals surface area contributed by atoms with Gasteiger partial charge in [0.05, 0.1) is 4.88 Å². The van der Waals surface area contributed by atoms with Gasteiger partial charge in [-0.2, -0.15) is 0 Å². The molecule has 0 spiro atoms. The van der Waals surface area contributed by atoms with Gasteiger partial charge < -0.3 is 4.90 Å². The number of aryl methyl sites for hydroxylation is 1. The van der Waals surface area contributed by atoms with Crippen LogP contribution in [0.4, 0.5) is 5.69 Å². The molecule has 2 heterocycles. The molecule has 4 rings (SSSR count). The van der Waals surface area contributed by atoms with Gasteiger partial charge in [0.15, 0.2) is 0 Å². The fourth-order valence-corrected chi connectivity index (χ4v) is 5.71. The number of hydrogen-bond donors (Lipinski definition) is 0. The minimum Gasteiger partial charge on any atom is -0.310 e. The maximum Gasteiger partial charge on any atom is 0.268 e. The van der Waals surface area contributed by atoms with Gasteiger partial charge in [0.1, 0.15) is 0 Å². The summed E-state index contributed by atoms with van der Waals surface area (Å²) in [4.78, 5) is 17.9. The number of fused-ring (bicyclic) bond motifs is 3. The quantitative estimate of drug-likeness (QED) is 0.518. The maximum absolute atomic E-state index is 13.0. The lowest BCUT2D eigenvalue weighted by Gasteiger charge is -2.18. The summed E-state index contributed by atoms with van der Waals surface area (Å²) in [5, 5.41) is 0.752. The summed E-state index contributed by atoms with van der Waals surface area (Å²) in [6.45, 7) is 2.02. The van der Waals surface area contributed by atoms with Gasteiger partial charge in [-0.3, -0.25) is 4.79 Å². The number of benzene rings is 2. The van der Waals surface area contributed by atoms with E-state index in [-0.39, 0.29) is 5.91 Å². The summed E-state index contributed by atoms with van der Waals surface area (Å²) in [5.74, 6) is 0.912. The molecular formula is C20H16ClNOS2. The van der Waals surface area contributed by atoms with Gasteiger partial charge in [0.25, 0.3) is 5.91 Å². The highest BCUT2D eigenvalue weighted by Gasteiger charge is 2.24. The van der Waals surface area contributed by atoms with E-state index in [1.165, 1.54) is 20.9 Å². The Morgan fingerprint density at radius 3 is 2.76 bits per heavy atom. The Morgan fingerprint density at radius 2 is 1.96 bits per heavy atom. The standard InChI is InChI=1S/C20H16ClNOS2/c1-12-5-3-4-6-16(12)22(2)20(23)18-9-13-11-24-17-10-14(21)7-8-15(17)19(13)25-18/h3-10H,11H2,1-2H3. The van der Waals surface area contributed by atoms with Crippen molar-refractivity contribution in [2.45, 2.75) is 17.6 Å². The number of hydrogen-bond acceptors (Lipinski definition) is 3. The molecule has 1 aliphatic heterocycles. The van der Waals surface area contributed by atoms with Crippen molar-refractivity contribution in [1.82, 2.24) is 0 Å². The Kier molecular flexibility index (Phi) is 4.36. The Hall–Kier alpha value is -1.75. The molecule has 5 heteroatoms. The normalized spacial score (nSPS) is 12.4. The second kappa shape index (κ2) is 6.52. The number of para-hydroxylation sites is 1. The first-order chi connectivity index (χ1) is 12.0. The van der Waals surface area contributed by atoms with E-state index in [0.29, 0.717) is 0 Å². The summed E-state index contributed by atoms with van der Waals surface area (Å²) in [7, 11) is 1.84. The lowest BCUT2D eigenvalue weighted by molar-refractivity contribution is 0.0996. The number of halogens is 1. The maximum atomic E-state index is 13.0. The van der Waals surface area contributed by atoms with Gasteiger partial charge in [0.2, 0.25) is 0 Å². The van der Waals surface area contributed by atoms with Crippen LogP contribution in [-0.2, 0) is 5.75 Å². The van der Waals surface area contributed by atoms with Crippen LogP contribution >= 0.6 is 34.7 Å². The molecule has 0 bridgehead atoms. The molecule has 0 aliphatic carbocycles. The van der Waals surface area contributed by atoms with Crippen molar-refractivity contribution in [3.63, 3.8) is 0 Å². The molecule has 1 aromatic heterocycles. The zero-order chi connectivity index (χ0) is 17.6. The number of thiophene rings is 1. The van der Waals surface area contributed by atoms with Crippen molar-refractivity contribution in [2.24, 2.45) is 0 Å². The van der Waals surface area contributed by atoms with Crippen LogP contribution in [0.5, 0.6) is 0 Å². The monoisotopic (exact) mass is 385 g/mol. The summed E-state index contributed by atoms with van der Waals surface area (Å²) in [6, 6.07) is 16.0. The fraction of sp³-hybridized carbons (Fsp3) is 0.150. The fourth-order valence-electron chi connectivity index (χ4n) is 3.04. The molecule has 1 amide bonds. The first kappa shape index (κ1) is 16.7. The van der Waals surface area contributed by atoms with Crippen molar-refractivity contribution < 1.29 is 4.79 Å². The predicted molar refractivity (Wildman–Crippen MR) is 108 cm³/mol. The number of rotatable bonds is 2. The first-order valence-corrected chi connectivity index (χ1v) is 10.1. The van der Waals surface area contributed by atoms with Crippen LogP contribution in [0.2, 0.25) is 5.02 Å². The molecule has 0 unspecified atom stereocenters. The number of carbonyl (C=O) groups is 1. The van der Waals surface area contributed by atoms with Crippen molar-refractivity contribution in [2.75, 3.05) is 11.9 Å². The molecule has 0 saturated carbocycles. The third-order valence-corrected chi connectivity index (χ3v) is 6.91. The van der Waals surface area contributed by atoms with Crippen molar-refractivity contribution in [1.29, 1.82) is 0 Å². The third kappa shape index (κ3) is 2.99. The van der Waals surface area contributed by atoms with Gasteiger partial charge in [0, 0.05) is 38.8 Å². The van der Waals surface area contributed by atoms with Gasteiger partial charge in [-0.25, -0.2) is 0 Å². The Bertz CT molecular complexity index is 980. The van der Waals surface area contributed by atoms with Gasteiger partial charge in [-0.05, 0) is 42.3 Å². The van der Waals surface area contributed by atoms with Crippen molar-refractivity contribution in [3.8, 4) is 10.4 Å². The molecule has 0 fully saturated rings. The van der Waals surface area contributed by atoms with E-state index in [4.69, 9.17) is 11.6 Å². The summed E-state index contributed by atoms with van der Waals surface area (Å²) < 4.78 is 0. The number of carbonyl (C=O) groups excluding carboxylic acids is 1. The molecule has 3 aromatic rings. The van der Waals surface area contributed by atoms with E-state index in [9.17, 15) is 4.79 Å². The lowest BCUT2D eigenvalue weighted by atomic mass is 10.1. The van der Waals surface area contributed by atoms with E-state index in [2.05, 4.69) is 6.07 Å². The highest BCUT2D eigenvalue weighted by Crippen LogP contribution is 2.46. The largest absolute Gasteiger partial charge is 0.310 e. The van der Waals surface area contributed by atoms with Crippen molar-refractivity contribution >= 4 is 46.3 Å². The molecule has 2 nitrogen and oxygen atoms in total. The predicted octanol–water partition coefficient (Wildman–Crippen LogP) is 6.26. The van der Waals surface area contributed by atoms with E-state index in [1.54, 1.807) is 28.0 Å². The Morgan fingerprint density at radius 1 is 1.16 bits per heavy atom. The third-order valence-electron chi connectivity index (χ3n) is 4.37. The molecule has 0 N–H and O–H groups in total. The van der Waals surface area contributed by atoms with Crippen LogP contribution < -0.4 is 4.90 Å². The summed E-state index contributed by atoms with van der Waals surface area (Å²) in [6.07, 6.45) is 0. The van der Waals surface area contributed by atoms with Crippen LogP contribution in [0.3, 0.4) is 0 Å². The topological polar surface area (TPSA) is 20.3 Å². The molecule has 0 saturated heterocycles. The molecular weight excluding hydrogens is 370 g/mol. The van der Waals surface area contributed by atoms with Crippen LogP contribution in [0.1, 0.15) is 20.8 Å². The molecule has 0 radical (unpaired) electrons. The first-order valence-electron chi connectivity index (χ1n) is 7.93. The number of amides is 1. The minimum atomic E-state index is 0.0363. The minimum absolute atomic E-state index is 0.0363. The number of nitrogens with zero attached hydrogens (tertiary/aromatic N) is 1. The van der Waals surface area contributed by atoms with Gasteiger partial charge >= 0.3 is 0 Å². The molecule has 2 aromatic carbocycles. The second-order valence-corrected chi connectivity index (χ2v) is 8.55. The lowest BCUT2D eigenvalue weighted by Crippen LogP contribution is -2.26. The smallest absolute Gasteiger partial charge is 0.268 e. The van der Waals surface area contributed by atoms with E-state index < -0.39 is 0 Å². The van der Waals surface area contributed by atoms with Gasteiger partial charge in [-0.1, -0.05) is 35.9 Å². The zero-order valence-electron chi connectivity index (χ0n) is 13.9. The van der Waals surface area contributed by atoms with E-state index in [0.717, 1.165) is 26.9 Å². The van der Waals surface area contributed by atoms with E-state index >= 15 is 0 Å². The summed E-state index contributed by atoms with van der Waals surface area (Å²) >= 11 is 9.46. The van der Waals surface area contributed by atoms with E-state index in [1.807, 2.05) is 56.4 Å². The van der Waals surface area contributed by atoms with Crippen LogP contribution in [0.25, 0.3) is 10.4 Å². The molecule has 1 aliphatic rings.